The molecule has 0 saturated heterocycles. The van der Waals surface area contributed by atoms with Gasteiger partial charge >= 0.3 is 11.9 Å². The summed E-state index contributed by atoms with van der Waals surface area (Å²) < 4.78 is 10.1. The third kappa shape index (κ3) is 13.8. The molecule has 5 heterocycles. The highest BCUT2D eigenvalue weighted by atomic mass is 16.5. The second kappa shape index (κ2) is 25.8. The standard InChI is InChI=1S/C56H74N4O4/c1-9-11-13-15-17-19-21-23-25-27-29-43-39(3)47-35-48-41(5)45(31-33-55(61)63-7)53(58-48)38-54-46(32-34-56(62)64-8)42(6)50(60-54)37-52-44(40(4)49(59-52)36-51(43)57-47)30-28-26-24-22-20-18-16-14-12-10-2/h35-38,58,60H,9-26,31-34H2,1-8H3. The quantitative estimate of drug-likeness (QED) is 0.0591. The highest BCUT2D eigenvalue weighted by Gasteiger charge is 2.21. The first-order valence-corrected chi connectivity index (χ1v) is 24.4. The summed E-state index contributed by atoms with van der Waals surface area (Å²) in [5.74, 6) is 13.6. The van der Waals surface area contributed by atoms with Crippen molar-refractivity contribution in [1.29, 1.82) is 0 Å². The maximum atomic E-state index is 12.5. The van der Waals surface area contributed by atoms with Gasteiger partial charge in [-0.15, -0.1) is 0 Å². The molecule has 0 amide bonds. The molecular formula is C56H74N4O4. The monoisotopic (exact) mass is 867 g/mol. The minimum Gasteiger partial charge on any atom is -0.469 e. The number of H-pyrrole nitrogens is 2. The van der Waals surface area contributed by atoms with Crippen LogP contribution >= 0.6 is 0 Å². The zero-order valence-corrected chi connectivity index (χ0v) is 40.4. The molecule has 3 aromatic rings. The molecule has 8 nitrogen and oxygen atoms in total. The van der Waals surface area contributed by atoms with Crippen molar-refractivity contribution in [3.63, 3.8) is 0 Å². The first-order chi connectivity index (χ1) is 31.1. The number of nitrogens with one attached hydrogen (secondary N) is 2. The first-order valence-electron chi connectivity index (χ1n) is 24.4. The van der Waals surface area contributed by atoms with Gasteiger partial charge in [-0.2, -0.15) is 0 Å². The van der Waals surface area contributed by atoms with Crippen molar-refractivity contribution in [1.82, 2.24) is 19.9 Å². The summed E-state index contributed by atoms with van der Waals surface area (Å²) in [4.78, 5) is 42.9. The molecule has 342 valence electrons. The van der Waals surface area contributed by atoms with Crippen molar-refractivity contribution in [3.8, 4) is 23.7 Å². The number of nitrogens with zero attached hydrogens (tertiary/aromatic N) is 2. The van der Waals surface area contributed by atoms with Crippen molar-refractivity contribution < 1.29 is 19.1 Å². The van der Waals surface area contributed by atoms with Crippen LogP contribution in [0.15, 0.2) is 24.3 Å². The number of ether oxygens (including phenoxy) is 2. The smallest absolute Gasteiger partial charge is 0.305 e. The van der Waals surface area contributed by atoms with Crippen LogP contribution in [0.25, 0.3) is 44.4 Å². The van der Waals surface area contributed by atoms with Gasteiger partial charge in [-0.1, -0.05) is 127 Å². The van der Waals surface area contributed by atoms with Gasteiger partial charge in [0.05, 0.1) is 48.1 Å². The van der Waals surface area contributed by atoms with E-state index in [-0.39, 0.29) is 24.8 Å². The Hall–Kier alpha value is -5.34. The second-order valence-corrected chi connectivity index (χ2v) is 17.7. The molecule has 0 saturated carbocycles. The lowest BCUT2D eigenvalue weighted by atomic mass is 10.0. The molecule has 0 atom stereocenters. The van der Waals surface area contributed by atoms with Crippen LogP contribution in [0.4, 0.5) is 0 Å². The third-order valence-electron chi connectivity index (χ3n) is 12.9. The summed E-state index contributed by atoms with van der Waals surface area (Å²) in [5.41, 5.74) is 14.8. The molecule has 0 unspecified atom stereocenters. The molecule has 0 spiro atoms. The van der Waals surface area contributed by atoms with Crippen LogP contribution in [-0.4, -0.2) is 46.1 Å². The molecule has 0 fully saturated rings. The fourth-order valence-electron chi connectivity index (χ4n) is 8.72. The fraction of sp³-hybridized carbons (Fsp3) is 0.536. The van der Waals surface area contributed by atoms with Crippen LogP contribution in [0.3, 0.4) is 0 Å². The van der Waals surface area contributed by atoms with Crippen molar-refractivity contribution >= 4 is 56.3 Å². The van der Waals surface area contributed by atoms with E-state index in [0.717, 1.165) is 115 Å². The summed E-state index contributed by atoms with van der Waals surface area (Å²) in [7, 11) is 2.85. The summed E-state index contributed by atoms with van der Waals surface area (Å²) in [5, 5.41) is 0. The number of fused-ring (bicyclic) bond motifs is 8. The molecule has 3 aromatic heterocycles. The SMILES string of the molecule is CCCCCCCCCCC#CC1=C(C)c2cc3[nH]c(cc4[nH]c(cc5nc(cc1n2)C(C)=C5C#CCCCCCCCCCC)c(C)c4CCC(=O)OC)c(CCC(=O)OC)c3C. The number of hydrogen-bond donors (Lipinski definition) is 2. The number of carbonyl (C=O) groups excluding carboxylic acids is 2. The highest BCUT2D eigenvalue weighted by molar-refractivity contribution is 6.02. The zero-order chi connectivity index (χ0) is 45.8. The number of unbranched alkanes of at least 4 members (excludes halogenated alkanes) is 16. The minimum atomic E-state index is -0.265. The van der Waals surface area contributed by atoms with Gasteiger partial charge in [0.1, 0.15) is 0 Å². The number of rotatable bonds is 22. The number of carbonyl (C=O) groups is 2. The Bertz CT molecular complexity index is 2460. The van der Waals surface area contributed by atoms with Crippen LogP contribution < -0.4 is 0 Å². The van der Waals surface area contributed by atoms with Crippen LogP contribution in [0, 0.1) is 37.5 Å². The average molecular weight is 867 g/mol. The lowest BCUT2D eigenvalue weighted by Gasteiger charge is -2.02. The number of esters is 2. The summed E-state index contributed by atoms with van der Waals surface area (Å²) in [6.45, 7) is 12.9. The van der Waals surface area contributed by atoms with E-state index in [4.69, 9.17) is 19.4 Å². The van der Waals surface area contributed by atoms with Crippen LogP contribution in [0.5, 0.6) is 0 Å². The van der Waals surface area contributed by atoms with Crippen molar-refractivity contribution in [3.05, 3.63) is 69.3 Å². The van der Waals surface area contributed by atoms with Crippen LogP contribution in [0.2, 0.25) is 0 Å². The minimum absolute atomic E-state index is 0.240. The van der Waals surface area contributed by atoms with Crippen LogP contribution in [-0.2, 0) is 31.9 Å². The molecular weight excluding hydrogens is 793 g/mol. The Morgan fingerprint density at radius 2 is 0.875 bits per heavy atom. The molecule has 0 aromatic carbocycles. The van der Waals surface area contributed by atoms with E-state index in [1.807, 2.05) is 0 Å². The molecule has 8 heteroatoms. The van der Waals surface area contributed by atoms with E-state index in [2.05, 4.69) is 99.5 Å². The van der Waals surface area contributed by atoms with E-state index >= 15 is 0 Å². The normalized spacial score (nSPS) is 12.2. The van der Waals surface area contributed by atoms with Gasteiger partial charge in [-0.25, -0.2) is 9.97 Å². The summed E-state index contributed by atoms with van der Waals surface area (Å²) in [6.07, 6.45) is 23.4. The first kappa shape index (κ1) is 49.7. The van der Waals surface area contributed by atoms with E-state index in [0.29, 0.717) is 12.8 Å². The number of aryl methyl sites for hydroxylation is 4. The van der Waals surface area contributed by atoms with Gasteiger partial charge in [0.15, 0.2) is 0 Å². The van der Waals surface area contributed by atoms with Gasteiger partial charge in [-0.05, 0) is 111 Å². The molecule has 0 radical (unpaired) electrons. The lowest BCUT2D eigenvalue weighted by molar-refractivity contribution is -0.141. The number of hydrogen-bond acceptors (Lipinski definition) is 6. The number of allylic oxidation sites excluding steroid dienone is 4. The maximum Gasteiger partial charge on any atom is 0.305 e. The predicted octanol–water partition coefficient (Wildman–Crippen LogP) is 14.1. The van der Waals surface area contributed by atoms with Gasteiger partial charge < -0.3 is 19.4 Å². The van der Waals surface area contributed by atoms with Gasteiger partial charge in [0.2, 0.25) is 0 Å². The molecule has 0 aliphatic carbocycles. The summed E-state index contributed by atoms with van der Waals surface area (Å²) in [6, 6.07) is 8.39. The van der Waals surface area contributed by atoms with E-state index in [9.17, 15) is 9.59 Å². The van der Waals surface area contributed by atoms with Crippen molar-refractivity contribution in [2.45, 2.75) is 183 Å². The highest BCUT2D eigenvalue weighted by Crippen LogP contribution is 2.35. The van der Waals surface area contributed by atoms with Gasteiger partial charge in [0, 0.05) is 47.8 Å². The molecule has 8 bridgehead atoms. The van der Waals surface area contributed by atoms with E-state index in [1.54, 1.807) is 0 Å². The Morgan fingerprint density at radius 3 is 1.30 bits per heavy atom. The molecule has 2 N–H and O–H groups in total. The topological polar surface area (TPSA) is 110 Å². The molecule has 2 aliphatic heterocycles. The Kier molecular flexibility index (Phi) is 20.0. The number of methoxy groups -OCH3 is 2. The Labute approximate surface area is 383 Å². The van der Waals surface area contributed by atoms with Crippen molar-refractivity contribution in [2.75, 3.05) is 14.2 Å². The van der Waals surface area contributed by atoms with Gasteiger partial charge in [-0.3, -0.25) is 9.59 Å². The number of aromatic amines is 2. The average Bonchev–Trinajstić information content (AvgIpc) is 3.95. The lowest BCUT2D eigenvalue weighted by Crippen LogP contribution is -2.02. The molecule has 64 heavy (non-hydrogen) atoms. The largest absolute Gasteiger partial charge is 0.469 e. The predicted molar refractivity (Wildman–Crippen MR) is 266 cm³/mol. The summed E-state index contributed by atoms with van der Waals surface area (Å²) >= 11 is 0. The Balaban J connectivity index is 1.65. The fourth-order valence-corrected chi connectivity index (χ4v) is 8.72. The van der Waals surface area contributed by atoms with E-state index in [1.165, 1.54) is 104 Å². The zero-order valence-electron chi connectivity index (χ0n) is 40.4. The maximum absolute atomic E-state index is 12.5. The van der Waals surface area contributed by atoms with E-state index < -0.39 is 0 Å². The van der Waals surface area contributed by atoms with Gasteiger partial charge in [0.25, 0.3) is 0 Å². The molecule has 5 rings (SSSR count). The number of aromatic nitrogens is 4. The van der Waals surface area contributed by atoms with Crippen LogP contribution in [0.1, 0.15) is 201 Å². The molecule has 2 aliphatic rings. The van der Waals surface area contributed by atoms with Crippen molar-refractivity contribution in [2.24, 2.45) is 0 Å². The Morgan fingerprint density at radius 1 is 0.500 bits per heavy atom. The second-order valence-electron chi connectivity index (χ2n) is 17.7. The third-order valence-corrected chi connectivity index (χ3v) is 12.9.